The molecule has 1 heterocycles. The molecule has 0 spiro atoms. The minimum atomic E-state index is -0.161. The molecule has 0 bridgehead atoms. The van der Waals surface area contributed by atoms with E-state index < -0.39 is 0 Å². The van der Waals surface area contributed by atoms with Crippen LogP contribution in [0, 0.1) is 5.92 Å². The van der Waals surface area contributed by atoms with Crippen LogP contribution in [0.25, 0.3) is 0 Å². The minimum Gasteiger partial charge on any atom is -0.494 e. The van der Waals surface area contributed by atoms with Gasteiger partial charge in [-0.3, -0.25) is 9.59 Å². The van der Waals surface area contributed by atoms with Crippen molar-refractivity contribution >= 4 is 17.5 Å². The van der Waals surface area contributed by atoms with Gasteiger partial charge in [-0.15, -0.1) is 0 Å². The number of carbonyl (C=O) groups is 2. The fraction of sp³-hybridized carbons (Fsp3) is 0.364. The first-order valence-corrected chi connectivity index (χ1v) is 9.47. The average Bonchev–Trinajstić information content (AvgIpc) is 2.67. The molecule has 2 atom stereocenters. The van der Waals surface area contributed by atoms with Crippen LogP contribution in [0.15, 0.2) is 48.5 Å². The number of carbonyl (C=O) groups excluding carboxylic acids is 2. The molecule has 142 valence electrons. The molecule has 2 aromatic rings. The first-order valence-electron chi connectivity index (χ1n) is 9.47. The fourth-order valence-electron chi connectivity index (χ4n) is 3.37. The third-order valence-electron chi connectivity index (χ3n) is 4.90. The lowest BCUT2D eigenvalue weighted by molar-refractivity contribution is -0.123. The zero-order valence-corrected chi connectivity index (χ0v) is 15.8. The zero-order chi connectivity index (χ0) is 19.2. The van der Waals surface area contributed by atoms with E-state index in [0.29, 0.717) is 25.9 Å². The number of anilines is 1. The van der Waals surface area contributed by atoms with Crippen LogP contribution in [-0.2, 0) is 16.0 Å². The third-order valence-corrected chi connectivity index (χ3v) is 4.90. The van der Waals surface area contributed by atoms with E-state index in [1.807, 2.05) is 62.4 Å². The molecule has 5 nitrogen and oxygen atoms in total. The predicted octanol–water partition coefficient (Wildman–Crippen LogP) is 3.85. The van der Waals surface area contributed by atoms with Crippen molar-refractivity contribution in [3.8, 4) is 5.75 Å². The topological polar surface area (TPSA) is 67.4 Å². The van der Waals surface area contributed by atoms with Crippen molar-refractivity contribution in [3.05, 3.63) is 59.7 Å². The van der Waals surface area contributed by atoms with Gasteiger partial charge in [0, 0.05) is 18.0 Å². The summed E-state index contributed by atoms with van der Waals surface area (Å²) < 4.78 is 5.44. The lowest BCUT2D eigenvalue weighted by Crippen LogP contribution is -2.32. The number of hydrogen-bond donors (Lipinski definition) is 2. The van der Waals surface area contributed by atoms with Crippen molar-refractivity contribution < 1.29 is 14.3 Å². The summed E-state index contributed by atoms with van der Waals surface area (Å²) in [4.78, 5) is 24.6. The SMILES string of the molecule is CCOc1ccc(C(C)NC(=O)CCC2Cc3ccccc3NC2=O)cc1. The molecule has 5 heteroatoms. The van der Waals surface area contributed by atoms with Crippen molar-refractivity contribution in [2.24, 2.45) is 5.92 Å². The zero-order valence-electron chi connectivity index (χ0n) is 15.8. The van der Waals surface area contributed by atoms with Crippen LogP contribution in [-0.4, -0.2) is 18.4 Å². The average molecular weight is 366 g/mol. The van der Waals surface area contributed by atoms with Crippen molar-refractivity contribution in [1.29, 1.82) is 0 Å². The Morgan fingerprint density at radius 3 is 2.70 bits per heavy atom. The molecule has 0 saturated carbocycles. The number of para-hydroxylation sites is 1. The number of fused-ring (bicyclic) bond motifs is 1. The fourth-order valence-corrected chi connectivity index (χ4v) is 3.37. The van der Waals surface area contributed by atoms with Gasteiger partial charge in [-0.25, -0.2) is 0 Å². The highest BCUT2D eigenvalue weighted by molar-refractivity contribution is 5.96. The summed E-state index contributed by atoms with van der Waals surface area (Å²) in [6, 6.07) is 15.5. The minimum absolute atomic E-state index is 0.000983. The molecule has 27 heavy (non-hydrogen) atoms. The van der Waals surface area contributed by atoms with Crippen LogP contribution in [0.3, 0.4) is 0 Å². The predicted molar refractivity (Wildman–Crippen MR) is 106 cm³/mol. The van der Waals surface area contributed by atoms with Gasteiger partial charge in [0.05, 0.1) is 12.6 Å². The summed E-state index contributed by atoms with van der Waals surface area (Å²) in [7, 11) is 0. The molecule has 2 N–H and O–H groups in total. The number of ether oxygens (including phenoxy) is 1. The van der Waals surface area contributed by atoms with Crippen LogP contribution in [0.1, 0.15) is 43.9 Å². The van der Waals surface area contributed by atoms with Gasteiger partial charge >= 0.3 is 0 Å². The smallest absolute Gasteiger partial charge is 0.227 e. The summed E-state index contributed by atoms with van der Waals surface area (Å²) >= 11 is 0. The molecule has 2 unspecified atom stereocenters. The second-order valence-corrected chi connectivity index (χ2v) is 6.88. The summed E-state index contributed by atoms with van der Waals surface area (Å²) in [5.41, 5.74) is 3.04. The Hall–Kier alpha value is -2.82. The maximum Gasteiger partial charge on any atom is 0.227 e. The number of benzene rings is 2. The van der Waals surface area contributed by atoms with E-state index in [9.17, 15) is 9.59 Å². The van der Waals surface area contributed by atoms with Crippen molar-refractivity contribution in [1.82, 2.24) is 5.32 Å². The maximum absolute atomic E-state index is 12.3. The highest BCUT2D eigenvalue weighted by atomic mass is 16.5. The molecule has 0 saturated heterocycles. The van der Waals surface area contributed by atoms with Crippen molar-refractivity contribution in [2.75, 3.05) is 11.9 Å². The molecule has 0 aromatic heterocycles. The Balaban J connectivity index is 1.50. The highest BCUT2D eigenvalue weighted by Crippen LogP contribution is 2.27. The van der Waals surface area contributed by atoms with E-state index >= 15 is 0 Å². The molecule has 3 rings (SSSR count). The van der Waals surface area contributed by atoms with Gasteiger partial charge in [-0.05, 0) is 56.0 Å². The summed E-state index contributed by atoms with van der Waals surface area (Å²) in [6.45, 7) is 4.53. The van der Waals surface area contributed by atoms with Crippen LogP contribution in [0.5, 0.6) is 5.75 Å². The third kappa shape index (κ3) is 4.88. The normalized spacial score (nSPS) is 16.8. The van der Waals surface area contributed by atoms with Crippen LogP contribution in [0.4, 0.5) is 5.69 Å². The largest absolute Gasteiger partial charge is 0.494 e. The lowest BCUT2D eigenvalue weighted by Gasteiger charge is -2.24. The Labute approximate surface area is 160 Å². The molecule has 0 aliphatic carbocycles. The van der Waals surface area contributed by atoms with E-state index in [1.54, 1.807) is 0 Å². The van der Waals surface area contributed by atoms with E-state index in [1.165, 1.54) is 0 Å². The first-order chi connectivity index (χ1) is 13.1. The Morgan fingerprint density at radius 2 is 1.96 bits per heavy atom. The summed E-state index contributed by atoms with van der Waals surface area (Å²) in [5.74, 6) is 0.624. The van der Waals surface area contributed by atoms with Gasteiger partial charge in [0.15, 0.2) is 0 Å². The van der Waals surface area contributed by atoms with Gasteiger partial charge in [0.25, 0.3) is 0 Å². The molecular formula is C22H26N2O3. The molecule has 2 amide bonds. The van der Waals surface area contributed by atoms with Gasteiger partial charge in [0.2, 0.25) is 11.8 Å². The van der Waals surface area contributed by atoms with Crippen molar-refractivity contribution in [3.63, 3.8) is 0 Å². The van der Waals surface area contributed by atoms with Gasteiger partial charge in [0.1, 0.15) is 5.75 Å². The number of nitrogens with one attached hydrogen (secondary N) is 2. The van der Waals surface area contributed by atoms with E-state index in [4.69, 9.17) is 4.74 Å². The molecule has 0 radical (unpaired) electrons. The molecule has 1 aliphatic rings. The van der Waals surface area contributed by atoms with Crippen LogP contribution in [0.2, 0.25) is 0 Å². The lowest BCUT2D eigenvalue weighted by atomic mass is 9.89. The monoisotopic (exact) mass is 366 g/mol. The molecule has 2 aromatic carbocycles. The van der Waals surface area contributed by atoms with E-state index in [0.717, 1.165) is 22.6 Å². The van der Waals surface area contributed by atoms with Gasteiger partial charge in [-0.1, -0.05) is 30.3 Å². The van der Waals surface area contributed by atoms with Crippen molar-refractivity contribution in [2.45, 2.75) is 39.2 Å². The molecular weight excluding hydrogens is 340 g/mol. The number of hydrogen-bond acceptors (Lipinski definition) is 3. The van der Waals surface area contributed by atoms with E-state index in [2.05, 4.69) is 10.6 Å². The standard InChI is InChI=1S/C22H26N2O3/c1-3-27-19-11-8-16(9-12-19)15(2)23-21(25)13-10-18-14-17-6-4-5-7-20(17)24-22(18)26/h4-9,11-12,15,18H,3,10,13-14H2,1-2H3,(H,23,25)(H,24,26). The Morgan fingerprint density at radius 1 is 1.22 bits per heavy atom. The Kier molecular flexibility index (Phi) is 6.12. The highest BCUT2D eigenvalue weighted by Gasteiger charge is 2.26. The number of amides is 2. The second kappa shape index (κ2) is 8.71. The first kappa shape index (κ1) is 19.0. The molecule has 0 fully saturated rings. The Bertz CT molecular complexity index is 801. The van der Waals surface area contributed by atoms with Crippen LogP contribution < -0.4 is 15.4 Å². The second-order valence-electron chi connectivity index (χ2n) is 6.88. The number of rotatable bonds is 7. The molecule has 1 aliphatic heterocycles. The van der Waals surface area contributed by atoms with E-state index in [-0.39, 0.29) is 23.8 Å². The van der Waals surface area contributed by atoms with Gasteiger partial charge in [-0.2, -0.15) is 0 Å². The van der Waals surface area contributed by atoms with Crippen LogP contribution >= 0.6 is 0 Å². The van der Waals surface area contributed by atoms with Gasteiger partial charge < -0.3 is 15.4 Å². The summed E-state index contributed by atoms with van der Waals surface area (Å²) in [5, 5.41) is 5.94. The quantitative estimate of drug-likeness (QED) is 0.782. The summed E-state index contributed by atoms with van der Waals surface area (Å²) in [6.07, 6.45) is 1.56. The maximum atomic E-state index is 12.3.